The molecule has 1 unspecified atom stereocenters. The highest BCUT2D eigenvalue weighted by Crippen LogP contribution is 2.37. The normalized spacial score (nSPS) is 13.8. The van der Waals surface area contributed by atoms with Crippen molar-refractivity contribution in [3.63, 3.8) is 0 Å². The average molecular weight is 261 g/mol. The second-order valence-electron chi connectivity index (χ2n) is 5.31. The Balaban J connectivity index is 1.75. The van der Waals surface area contributed by atoms with E-state index in [-0.39, 0.29) is 6.04 Å². The van der Waals surface area contributed by atoms with Gasteiger partial charge in [0.2, 0.25) is 0 Å². The van der Waals surface area contributed by atoms with Crippen LogP contribution in [0.2, 0.25) is 0 Å². The van der Waals surface area contributed by atoms with Crippen LogP contribution in [0, 0.1) is 0 Å². The Labute approximate surface area is 117 Å². The number of nitrogens with zero attached hydrogens (tertiary/aromatic N) is 3. The van der Waals surface area contributed by atoms with Crippen molar-refractivity contribution in [1.82, 2.24) is 15.0 Å². The Hall–Kier alpha value is -2.42. The summed E-state index contributed by atoms with van der Waals surface area (Å²) in [7, 11) is 0. The van der Waals surface area contributed by atoms with E-state index in [1.165, 1.54) is 27.8 Å². The lowest BCUT2D eigenvalue weighted by molar-refractivity contribution is 0.543. The Morgan fingerprint density at radius 3 is 2.75 bits per heavy atom. The Morgan fingerprint density at radius 1 is 1.05 bits per heavy atom. The topological polar surface area (TPSA) is 30.7 Å². The zero-order chi connectivity index (χ0) is 13.5. The van der Waals surface area contributed by atoms with E-state index < -0.39 is 0 Å². The summed E-state index contributed by atoms with van der Waals surface area (Å²) >= 11 is 0. The fraction of sp³-hybridized carbons (Fsp3) is 0.176. The van der Waals surface area contributed by atoms with Gasteiger partial charge in [0, 0.05) is 6.20 Å². The third-order valence-electron chi connectivity index (χ3n) is 4.14. The van der Waals surface area contributed by atoms with Crippen LogP contribution in [-0.4, -0.2) is 15.0 Å². The highest BCUT2D eigenvalue weighted by atomic mass is 15.4. The molecule has 98 valence electrons. The van der Waals surface area contributed by atoms with E-state index in [0.29, 0.717) is 0 Å². The summed E-state index contributed by atoms with van der Waals surface area (Å²) in [6.07, 6.45) is 4.66. The van der Waals surface area contributed by atoms with Gasteiger partial charge in [-0.2, -0.15) is 0 Å². The maximum Gasteiger partial charge on any atom is 0.0758 e. The van der Waals surface area contributed by atoms with Gasteiger partial charge in [-0.25, -0.2) is 4.68 Å². The molecule has 0 saturated carbocycles. The van der Waals surface area contributed by atoms with Crippen LogP contribution in [0.15, 0.2) is 54.9 Å². The predicted molar refractivity (Wildman–Crippen MR) is 78.5 cm³/mol. The lowest BCUT2D eigenvalue weighted by Crippen LogP contribution is -2.07. The van der Waals surface area contributed by atoms with Crippen molar-refractivity contribution in [2.45, 2.75) is 19.4 Å². The van der Waals surface area contributed by atoms with Crippen LogP contribution in [0.4, 0.5) is 0 Å². The first-order chi connectivity index (χ1) is 9.83. The minimum atomic E-state index is 0.214. The summed E-state index contributed by atoms with van der Waals surface area (Å²) in [4.78, 5) is 0. The maximum absolute atomic E-state index is 4.09. The van der Waals surface area contributed by atoms with Gasteiger partial charge in [-0.1, -0.05) is 47.7 Å². The van der Waals surface area contributed by atoms with Crippen LogP contribution in [0.1, 0.15) is 29.7 Å². The second kappa shape index (κ2) is 4.30. The zero-order valence-electron chi connectivity index (χ0n) is 11.3. The first kappa shape index (κ1) is 11.4. The van der Waals surface area contributed by atoms with Gasteiger partial charge in [0.15, 0.2) is 0 Å². The average Bonchev–Trinajstić information content (AvgIpc) is 3.13. The van der Waals surface area contributed by atoms with Crippen LogP contribution in [0.5, 0.6) is 0 Å². The molecule has 0 amide bonds. The van der Waals surface area contributed by atoms with Gasteiger partial charge in [0.05, 0.1) is 12.2 Å². The number of rotatable bonds is 2. The molecule has 3 heteroatoms. The molecule has 0 fully saturated rings. The third kappa shape index (κ3) is 1.67. The van der Waals surface area contributed by atoms with Crippen LogP contribution >= 0.6 is 0 Å². The molecular formula is C17H15N3. The second-order valence-corrected chi connectivity index (χ2v) is 5.31. The summed E-state index contributed by atoms with van der Waals surface area (Å²) in [5.74, 6) is 0. The summed E-state index contributed by atoms with van der Waals surface area (Å²) in [6.45, 7) is 2.15. The van der Waals surface area contributed by atoms with Crippen molar-refractivity contribution in [3.05, 3.63) is 71.5 Å². The van der Waals surface area contributed by atoms with E-state index in [1.807, 2.05) is 10.9 Å². The van der Waals surface area contributed by atoms with Crippen molar-refractivity contribution in [2.24, 2.45) is 0 Å². The van der Waals surface area contributed by atoms with Crippen LogP contribution in [0.3, 0.4) is 0 Å². The highest BCUT2D eigenvalue weighted by Gasteiger charge is 2.19. The van der Waals surface area contributed by atoms with E-state index in [4.69, 9.17) is 0 Å². The molecule has 1 aliphatic rings. The van der Waals surface area contributed by atoms with E-state index in [9.17, 15) is 0 Å². The molecular weight excluding hydrogens is 246 g/mol. The van der Waals surface area contributed by atoms with Gasteiger partial charge in [-0.15, -0.1) is 5.10 Å². The molecule has 0 aliphatic heterocycles. The van der Waals surface area contributed by atoms with Crippen LogP contribution in [-0.2, 0) is 6.42 Å². The number of fused-ring (bicyclic) bond motifs is 3. The van der Waals surface area contributed by atoms with Crippen molar-refractivity contribution in [2.75, 3.05) is 0 Å². The summed E-state index contributed by atoms with van der Waals surface area (Å²) in [6, 6.07) is 15.6. The van der Waals surface area contributed by atoms with Gasteiger partial charge in [-0.05, 0) is 41.2 Å². The predicted octanol–water partition coefficient (Wildman–Crippen LogP) is 3.46. The first-order valence-corrected chi connectivity index (χ1v) is 6.90. The minimum Gasteiger partial charge on any atom is -0.245 e. The summed E-state index contributed by atoms with van der Waals surface area (Å²) < 4.78 is 1.89. The molecule has 4 rings (SSSR count). The van der Waals surface area contributed by atoms with Crippen molar-refractivity contribution >= 4 is 0 Å². The molecule has 3 nitrogen and oxygen atoms in total. The number of benzene rings is 2. The van der Waals surface area contributed by atoms with Crippen LogP contribution in [0.25, 0.3) is 11.1 Å². The fourth-order valence-electron chi connectivity index (χ4n) is 3.00. The van der Waals surface area contributed by atoms with Gasteiger partial charge in [0.25, 0.3) is 0 Å². The summed E-state index contributed by atoms with van der Waals surface area (Å²) in [5, 5.41) is 7.98. The summed E-state index contributed by atoms with van der Waals surface area (Å²) in [5.41, 5.74) is 6.86. The lowest BCUT2D eigenvalue weighted by Gasteiger charge is -2.13. The first-order valence-electron chi connectivity index (χ1n) is 6.90. The van der Waals surface area contributed by atoms with Gasteiger partial charge >= 0.3 is 0 Å². The quantitative estimate of drug-likeness (QED) is 0.553. The lowest BCUT2D eigenvalue weighted by atomic mass is 10.0. The molecule has 0 N–H and O–H groups in total. The molecule has 0 bridgehead atoms. The van der Waals surface area contributed by atoms with E-state index in [1.54, 1.807) is 6.20 Å². The molecule has 2 aromatic carbocycles. The smallest absolute Gasteiger partial charge is 0.0758 e. The fourth-order valence-corrected chi connectivity index (χ4v) is 3.00. The van der Waals surface area contributed by atoms with E-state index in [2.05, 4.69) is 59.7 Å². The molecule has 0 spiro atoms. The van der Waals surface area contributed by atoms with E-state index in [0.717, 1.165) is 6.42 Å². The highest BCUT2D eigenvalue weighted by molar-refractivity contribution is 5.76. The Kier molecular flexibility index (Phi) is 2.46. The van der Waals surface area contributed by atoms with Crippen LogP contribution < -0.4 is 0 Å². The molecule has 0 saturated heterocycles. The number of hydrogen-bond donors (Lipinski definition) is 0. The van der Waals surface area contributed by atoms with Crippen molar-refractivity contribution in [1.29, 1.82) is 0 Å². The maximum atomic E-state index is 4.09. The SMILES string of the molecule is CC(c1ccc2c(c1)Cc1ccccc1-2)n1ccnn1. The molecule has 1 aliphatic carbocycles. The zero-order valence-corrected chi connectivity index (χ0v) is 11.3. The third-order valence-corrected chi connectivity index (χ3v) is 4.14. The molecule has 3 aromatic rings. The van der Waals surface area contributed by atoms with Gasteiger partial charge in [0.1, 0.15) is 0 Å². The standard InChI is InChI=1S/C17H15N3/c1-12(20-9-8-18-19-20)13-6-7-17-15(10-13)11-14-4-2-3-5-16(14)17/h2-10,12H,11H2,1H3. The molecule has 1 atom stereocenters. The van der Waals surface area contributed by atoms with E-state index >= 15 is 0 Å². The molecule has 1 heterocycles. The molecule has 20 heavy (non-hydrogen) atoms. The van der Waals surface area contributed by atoms with Gasteiger partial charge in [-0.3, -0.25) is 0 Å². The Morgan fingerprint density at radius 2 is 1.90 bits per heavy atom. The number of aromatic nitrogens is 3. The van der Waals surface area contributed by atoms with Crippen molar-refractivity contribution < 1.29 is 0 Å². The van der Waals surface area contributed by atoms with Gasteiger partial charge < -0.3 is 0 Å². The Bertz CT molecular complexity index is 760. The monoisotopic (exact) mass is 261 g/mol. The minimum absolute atomic E-state index is 0.214. The molecule has 0 radical (unpaired) electrons. The number of hydrogen-bond acceptors (Lipinski definition) is 2. The molecule has 1 aromatic heterocycles. The van der Waals surface area contributed by atoms with Crippen molar-refractivity contribution in [3.8, 4) is 11.1 Å². The largest absolute Gasteiger partial charge is 0.245 e.